The minimum absolute atomic E-state index is 0.0949. The fourth-order valence-corrected chi connectivity index (χ4v) is 4.96. The van der Waals surface area contributed by atoms with Crippen LogP contribution in [0.4, 0.5) is 0 Å². The monoisotopic (exact) mass is 378 g/mol. The molecule has 0 radical (unpaired) electrons. The van der Waals surface area contributed by atoms with Crippen LogP contribution >= 0.6 is 11.3 Å². The van der Waals surface area contributed by atoms with Crippen molar-refractivity contribution < 1.29 is 13.2 Å². The normalized spacial score (nSPS) is 18.0. The molecule has 1 aromatic carbocycles. The van der Waals surface area contributed by atoms with Gasteiger partial charge in [-0.3, -0.25) is 4.79 Å². The third-order valence-electron chi connectivity index (χ3n) is 4.59. The van der Waals surface area contributed by atoms with E-state index in [-0.39, 0.29) is 16.8 Å². The number of thiophene rings is 1. The van der Waals surface area contributed by atoms with Gasteiger partial charge in [0, 0.05) is 31.7 Å². The summed E-state index contributed by atoms with van der Waals surface area (Å²) in [6, 6.07) is 8.47. The summed E-state index contributed by atoms with van der Waals surface area (Å²) in [5.74, 6) is -0.0949. The van der Waals surface area contributed by atoms with Gasteiger partial charge in [0.1, 0.15) is 0 Å². The summed E-state index contributed by atoms with van der Waals surface area (Å²) in [5, 5.41) is 3.85. The Labute approximate surface area is 152 Å². The fraction of sp³-hybridized carbons (Fsp3) is 0.389. The standard InChI is InChI=1S/C18H22N2O3S2/c1-14-5-4-9-20(14)18(21)16-6-3-7-17(11-16)25(22,23)19(2)12-15-8-10-24-13-15/h3,6-8,10-11,13-14H,4-5,9,12H2,1-2H3/t14-/m0/s1. The number of carbonyl (C=O) groups excluding carboxylic acids is 1. The van der Waals surface area contributed by atoms with E-state index in [9.17, 15) is 13.2 Å². The van der Waals surface area contributed by atoms with Crippen LogP contribution in [0.2, 0.25) is 0 Å². The van der Waals surface area contributed by atoms with Crippen LogP contribution < -0.4 is 0 Å². The van der Waals surface area contributed by atoms with Gasteiger partial charge in [-0.15, -0.1) is 0 Å². The summed E-state index contributed by atoms with van der Waals surface area (Å²) in [4.78, 5) is 14.7. The number of likely N-dealkylation sites (tertiary alicyclic amines) is 1. The van der Waals surface area contributed by atoms with E-state index in [2.05, 4.69) is 0 Å². The second-order valence-corrected chi connectivity index (χ2v) is 9.24. The van der Waals surface area contributed by atoms with Crippen molar-refractivity contribution in [3.8, 4) is 0 Å². The predicted octanol–water partition coefficient (Wildman–Crippen LogP) is 3.19. The molecule has 1 aromatic heterocycles. The molecule has 1 saturated heterocycles. The number of hydrogen-bond acceptors (Lipinski definition) is 4. The fourth-order valence-electron chi connectivity index (χ4n) is 3.10. The summed E-state index contributed by atoms with van der Waals surface area (Å²) >= 11 is 1.54. The van der Waals surface area contributed by atoms with Gasteiger partial charge in [0.15, 0.2) is 0 Å². The Hall–Kier alpha value is -1.70. The summed E-state index contributed by atoms with van der Waals surface area (Å²) < 4.78 is 27.0. The lowest BCUT2D eigenvalue weighted by atomic mass is 10.2. The molecule has 1 atom stereocenters. The maximum atomic E-state index is 12.8. The first-order valence-electron chi connectivity index (χ1n) is 8.28. The van der Waals surface area contributed by atoms with Crippen molar-refractivity contribution in [1.29, 1.82) is 0 Å². The zero-order valence-corrected chi connectivity index (χ0v) is 16.0. The molecule has 5 nitrogen and oxygen atoms in total. The van der Waals surface area contributed by atoms with Crippen molar-refractivity contribution in [2.75, 3.05) is 13.6 Å². The van der Waals surface area contributed by atoms with Crippen LogP contribution in [0.1, 0.15) is 35.7 Å². The second kappa shape index (κ2) is 7.27. The van der Waals surface area contributed by atoms with Gasteiger partial charge < -0.3 is 4.90 Å². The molecule has 7 heteroatoms. The topological polar surface area (TPSA) is 57.7 Å². The highest BCUT2D eigenvalue weighted by molar-refractivity contribution is 7.89. The number of nitrogens with zero attached hydrogens (tertiary/aromatic N) is 2. The number of hydrogen-bond donors (Lipinski definition) is 0. The maximum Gasteiger partial charge on any atom is 0.254 e. The van der Waals surface area contributed by atoms with Crippen molar-refractivity contribution in [3.05, 3.63) is 52.2 Å². The average Bonchev–Trinajstić information content (AvgIpc) is 3.26. The highest BCUT2D eigenvalue weighted by atomic mass is 32.2. The predicted molar refractivity (Wildman–Crippen MR) is 99.1 cm³/mol. The van der Waals surface area contributed by atoms with Crippen LogP contribution in [0.5, 0.6) is 0 Å². The molecule has 2 heterocycles. The number of benzene rings is 1. The number of amides is 1. The number of rotatable bonds is 5. The third-order valence-corrected chi connectivity index (χ3v) is 7.12. The second-order valence-electron chi connectivity index (χ2n) is 6.41. The average molecular weight is 379 g/mol. The Morgan fingerprint density at radius 1 is 1.36 bits per heavy atom. The molecule has 25 heavy (non-hydrogen) atoms. The van der Waals surface area contributed by atoms with Gasteiger partial charge in [0.2, 0.25) is 10.0 Å². The minimum atomic E-state index is -3.64. The van der Waals surface area contributed by atoms with Crippen molar-refractivity contribution in [2.24, 2.45) is 0 Å². The summed E-state index contributed by atoms with van der Waals surface area (Å²) in [6.07, 6.45) is 1.99. The van der Waals surface area contributed by atoms with Crippen molar-refractivity contribution in [3.63, 3.8) is 0 Å². The molecule has 1 fully saturated rings. The van der Waals surface area contributed by atoms with E-state index in [1.54, 1.807) is 25.2 Å². The van der Waals surface area contributed by atoms with E-state index in [0.717, 1.165) is 24.9 Å². The van der Waals surface area contributed by atoms with Gasteiger partial charge in [0.05, 0.1) is 4.90 Å². The summed E-state index contributed by atoms with van der Waals surface area (Å²) in [6.45, 7) is 3.07. The van der Waals surface area contributed by atoms with Crippen LogP contribution in [-0.2, 0) is 16.6 Å². The highest BCUT2D eigenvalue weighted by Crippen LogP contribution is 2.23. The van der Waals surface area contributed by atoms with Crippen LogP contribution in [0, 0.1) is 0 Å². The molecule has 1 aliphatic heterocycles. The van der Waals surface area contributed by atoms with Gasteiger partial charge in [-0.1, -0.05) is 6.07 Å². The van der Waals surface area contributed by atoms with Gasteiger partial charge in [0.25, 0.3) is 5.91 Å². The van der Waals surface area contributed by atoms with Gasteiger partial charge in [-0.25, -0.2) is 8.42 Å². The minimum Gasteiger partial charge on any atom is -0.336 e. The zero-order chi connectivity index (χ0) is 18.0. The lowest BCUT2D eigenvalue weighted by Gasteiger charge is -2.22. The maximum absolute atomic E-state index is 12.8. The molecule has 0 unspecified atom stereocenters. The van der Waals surface area contributed by atoms with Crippen LogP contribution in [-0.4, -0.2) is 43.2 Å². The first-order valence-corrected chi connectivity index (χ1v) is 10.7. The van der Waals surface area contributed by atoms with Crippen LogP contribution in [0.3, 0.4) is 0 Å². The largest absolute Gasteiger partial charge is 0.336 e. The Morgan fingerprint density at radius 2 is 2.16 bits per heavy atom. The molecule has 1 amide bonds. The van der Waals surface area contributed by atoms with E-state index in [4.69, 9.17) is 0 Å². The summed E-state index contributed by atoms with van der Waals surface area (Å²) in [5.41, 5.74) is 1.38. The van der Waals surface area contributed by atoms with Gasteiger partial charge in [-0.05, 0) is 60.4 Å². The van der Waals surface area contributed by atoms with E-state index >= 15 is 0 Å². The van der Waals surface area contributed by atoms with E-state index in [0.29, 0.717) is 12.1 Å². The molecular formula is C18H22N2O3S2. The number of carbonyl (C=O) groups is 1. The first-order chi connectivity index (χ1) is 11.9. The molecule has 0 spiro atoms. The number of sulfonamides is 1. The Bertz CT molecular complexity index is 847. The molecule has 3 rings (SSSR count). The zero-order valence-electron chi connectivity index (χ0n) is 14.4. The SMILES string of the molecule is C[C@H]1CCCN1C(=O)c1cccc(S(=O)(=O)N(C)Cc2ccsc2)c1. The Morgan fingerprint density at radius 3 is 2.80 bits per heavy atom. The molecule has 0 bridgehead atoms. The van der Waals surface area contributed by atoms with Crippen LogP contribution in [0.25, 0.3) is 0 Å². The highest BCUT2D eigenvalue weighted by Gasteiger charge is 2.27. The smallest absolute Gasteiger partial charge is 0.254 e. The lowest BCUT2D eigenvalue weighted by Crippen LogP contribution is -2.33. The van der Waals surface area contributed by atoms with Crippen molar-refractivity contribution >= 4 is 27.3 Å². The molecule has 2 aromatic rings. The van der Waals surface area contributed by atoms with Crippen molar-refractivity contribution in [1.82, 2.24) is 9.21 Å². The summed E-state index contributed by atoms with van der Waals surface area (Å²) in [7, 11) is -2.08. The van der Waals surface area contributed by atoms with E-state index < -0.39 is 10.0 Å². The first kappa shape index (κ1) is 18.1. The Kier molecular flexibility index (Phi) is 5.27. The molecule has 0 aliphatic carbocycles. The third kappa shape index (κ3) is 3.78. The molecular weight excluding hydrogens is 356 g/mol. The lowest BCUT2D eigenvalue weighted by molar-refractivity contribution is 0.0747. The Balaban J connectivity index is 1.83. The molecule has 0 N–H and O–H groups in total. The molecule has 1 aliphatic rings. The van der Waals surface area contributed by atoms with Gasteiger partial charge >= 0.3 is 0 Å². The van der Waals surface area contributed by atoms with Crippen molar-refractivity contribution in [2.45, 2.75) is 37.2 Å². The molecule has 0 saturated carbocycles. The van der Waals surface area contributed by atoms with E-state index in [1.807, 2.05) is 28.7 Å². The molecule has 134 valence electrons. The van der Waals surface area contributed by atoms with Crippen LogP contribution in [0.15, 0.2) is 46.0 Å². The quantitative estimate of drug-likeness (QED) is 0.803. The van der Waals surface area contributed by atoms with E-state index in [1.165, 1.54) is 21.7 Å². The van der Waals surface area contributed by atoms with Gasteiger partial charge in [-0.2, -0.15) is 15.6 Å².